The summed E-state index contributed by atoms with van der Waals surface area (Å²) < 4.78 is 5.35. The van der Waals surface area contributed by atoms with Crippen molar-refractivity contribution in [3.8, 4) is 0 Å². The van der Waals surface area contributed by atoms with Crippen LogP contribution < -0.4 is 0 Å². The Morgan fingerprint density at radius 2 is 1.82 bits per heavy atom. The molecule has 0 saturated carbocycles. The Kier molecular flexibility index (Phi) is 4.30. The highest BCUT2D eigenvalue weighted by Crippen LogP contribution is 2.34. The molecule has 1 saturated heterocycles. The number of thioether (sulfide) groups is 1. The zero-order valence-electron chi connectivity index (χ0n) is 8.86. The Labute approximate surface area is 108 Å². The van der Waals surface area contributed by atoms with E-state index in [2.05, 4.69) is 0 Å². The number of rotatable bonds is 3. The largest absolute Gasteiger partial charge is 0.394 e. The molecule has 94 valence electrons. The van der Waals surface area contributed by atoms with Gasteiger partial charge >= 0.3 is 0 Å². The van der Waals surface area contributed by atoms with Crippen LogP contribution in [0.15, 0.2) is 29.2 Å². The second-order valence-corrected chi connectivity index (χ2v) is 5.39. The highest BCUT2D eigenvalue weighted by atomic mass is 35.5. The third-order valence-corrected chi connectivity index (χ3v) is 3.98. The Morgan fingerprint density at radius 1 is 1.18 bits per heavy atom. The summed E-state index contributed by atoms with van der Waals surface area (Å²) in [6, 6.07) is 7.10. The topological polar surface area (TPSA) is 69.9 Å². The molecule has 0 aliphatic carbocycles. The number of hydrogen-bond donors (Lipinski definition) is 3. The number of aliphatic hydroxyl groups is 3. The molecule has 0 amide bonds. The van der Waals surface area contributed by atoms with Crippen molar-refractivity contribution < 1.29 is 20.1 Å². The molecule has 0 unspecified atom stereocenters. The van der Waals surface area contributed by atoms with E-state index < -0.39 is 23.7 Å². The summed E-state index contributed by atoms with van der Waals surface area (Å²) in [5.41, 5.74) is -0.580. The van der Waals surface area contributed by atoms with Crippen molar-refractivity contribution in [3.63, 3.8) is 0 Å². The number of aliphatic hydroxyl groups excluding tert-OH is 3. The van der Waals surface area contributed by atoms with Gasteiger partial charge in [0, 0.05) is 9.92 Å². The Balaban J connectivity index is 2.02. The van der Waals surface area contributed by atoms with Crippen LogP contribution in [0.1, 0.15) is 0 Å². The van der Waals surface area contributed by atoms with Gasteiger partial charge in [0.15, 0.2) is 0 Å². The van der Waals surface area contributed by atoms with Crippen molar-refractivity contribution in [2.24, 2.45) is 0 Å². The van der Waals surface area contributed by atoms with Gasteiger partial charge in [0.2, 0.25) is 0 Å². The van der Waals surface area contributed by atoms with E-state index in [9.17, 15) is 10.2 Å². The van der Waals surface area contributed by atoms with Crippen molar-refractivity contribution in [3.05, 3.63) is 29.3 Å². The van der Waals surface area contributed by atoms with Crippen molar-refractivity contribution in [2.75, 3.05) is 6.61 Å². The molecule has 1 aliphatic rings. The summed E-state index contributed by atoms with van der Waals surface area (Å²) in [4.78, 5) is 0.879. The van der Waals surface area contributed by atoms with Gasteiger partial charge in [0.1, 0.15) is 23.7 Å². The number of benzene rings is 1. The number of hydrogen-bond acceptors (Lipinski definition) is 5. The van der Waals surface area contributed by atoms with Crippen LogP contribution >= 0.6 is 23.4 Å². The van der Waals surface area contributed by atoms with Crippen LogP contribution in [0.25, 0.3) is 0 Å². The monoisotopic (exact) mass is 276 g/mol. The van der Waals surface area contributed by atoms with Gasteiger partial charge in [0.05, 0.1) is 6.61 Å². The van der Waals surface area contributed by atoms with Crippen LogP contribution in [-0.2, 0) is 4.74 Å². The molecule has 2 rings (SSSR count). The van der Waals surface area contributed by atoms with Crippen molar-refractivity contribution in [1.82, 2.24) is 0 Å². The van der Waals surface area contributed by atoms with E-state index in [0.29, 0.717) is 5.02 Å². The summed E-state index contributed by atoms with van der Waals surface area (Å²) in [6.07, 6.45) is -2.78. The van der Waals surface area contributed by atoms with Gasteiger partial charge in [-0.2, -0.15) is 0 Å². The maximum atomic E-state index is 9.74. The van der Waals surface area contributed by atoms with Crippen molar-refractivity contribution >= 4 is 23.4 Å². The van der Waals surface area contributed by atoms with Crippen LogP contribution in [0.2, 0.25) is 5.02 Å². The van der Waals surface area contributed by atoms with Gasteiger partial charge in [-0.15, -0.1) is 0 Å². The Hall–Kier alpha value is -0.300. The van der Waals surface area contributed by atoms with Crippen molar-refractivity contribution in [1.29, 1.82) is 0 Å². The molecule has 1 aromatic carbocycles. The van der Waals surface area contributed by atoms with E-state index in [-0.39, 0.29) is 6.61 Å². The first-order chi connectivity index (χ1) is 8.11. The van der Waals surface area contributed by atoms with Gasteiger partial charge < -0.3 is 20.1 Å². The first-order valence-corrected chi connectivity index (χ1v) is 6.42. The molecule has 4 atom stereocenters. The fourth-order valence-corrected chi connectivity index (χ4v) is 2.80. The average molecular weight is 277 g/mol. The first kappa shape index (κ1) is 13.1. The average Bonchev–Trinajstić information content (AvgIpc) is 2.60. The molecular formula is C11H13ClO4S. The molecule has 1 fully saturated rings. The summed E-state index contributed by atoms with van der Waals surface area (Å²) in [6.45, 7) is -0.310. The van der Waals surface area contributed by atoms with Gasteiger partial charge in [-0.1, -0.05) is 23.4 Å². The van der Waals surface area contributed by atoms with Crippen LogP contribution in [0.4, 0.5) is 0 Å². The lowest BCUT2D eigenvalue weighted by atomic mass is 10.2. The highest BCUT2D eigenvalue weighted by Gasteiger charge is 2.42. The number of ether oxygens (including phenoxy) is 1. The Morgan fingerprint density at radius 3 is 2.35 bits per heavy atom. The lowest BCUT2D eigenvalue weighted by Crippen LogP contribution is -2.33. The summed E-state index contributed by atoms with van der Waals surface area (Å²) >= 11 is 7.05. The van der Waals surface area contributed by atoms with E-state index in [0.717, 1.165) is 4.90 Å². The third kappa shape index (κ3) is 2.93. The zero-order chi connectivity index (χ0) is 12.4. The minimum atomic E-state index is -1.05. The molecule has 1 aliphatic heterocycles. The van der Waals surface area contributed by atoms with E-state index in [1.54, 1.807) is 12.1 Å². The second kappa shape index (κ2) is 5.56. The van der Waals surface area contributed by atoms with Gasteiger partial charge in [0.25, 0.3) is 0 Å². The normalized spacial score (nSPS) is 32.9. The minimum absolute atomic E-state index is 0.310. The predicted octanol–water partition coefficient (Wildman–Crippen LogP) is 0.871. The van der Waals surface area contributed by atoms with Crippen LogP contribution in [0.5, 0.6) is 0 Å². The molecule has 0 radical (unpaired) electrons. The van der Waals surface area contributed by atoms with Gasteiger partial charge in [-0.3, -0.25) is 0 Å². The zero-order valence-corrected chi connectivity index (χ0v) is 10.4. The minimum Gasteiger partial charge on any atom is -0.394 e. The smallest absolute Gasteiger partial charge is 0.136 e. The summed E-state index contributed by atoms with van der Waals surface area (Å²) in [7, 11) is 0. The number of halogens is 1. The quantitative estimate of drug-likeness (QED) is 0.764. The molecule has 3 N–H and O–H groups in total. The maximum absolute atomic E-state index is 9.74. The first-order valence-electron chi connectivity index (χ1n) is 5.16. The fourth-order valence-electron chi connectivity index (χ4n) is 1.61. The standard InChI is InChI=1S/C11H13ClO4S/c12-6-1-3-7(4-2-6)17-11-10(15)9(14)8(5-13)16-11/h1-4,8-11,13-15H,5H2/t8-,9-,10+,11-/m0/s1. The summed E-state index contributed by atoms with van der Waals surface area (Å²) in [5, 5.41) is 28.9. The van der Waals surface area contributed by atoms with Crippen molar-refractivity contribution in [2.45, 2.75) is 28.6 Å². The SMILES string of the molecule is OC[C@@H]1O[C@@H](Sc2ccc(Cl)cc2)[C@H](O)[C@H]1O. The van der Waals surface area contributed by atoms with Crippen LogP contribution in [0, 0.1) is 0 Å². The molecule has 17 heavy (non-hydrogen) atoms. The predicted molar refractivity (Wildman–Crippen MR) is 65.1 cm³/mol. The maximum Gasteiger partial charge on any atom is 0.136 e. The third-order valence-electron chi connectivity index (χ3n) is 2.56. The molecule has 1 heterocycles. The molecular weight excluding hydrogens is 264 g/mol. The molecule has 1 aromatic rings. The Bertz CT molecular complexity index is 372. The van der Waals surface area contributed by atoms with E-state index in [1.807, 2.05) is 12.1 Å². The van der Waals surface area contributed by atoms with E-state index >= 15 is 0 Å². The fraction of sp³-hybridized carbons (Fsp3) is 0.455. The summed E-state index contributed by atoms with van der Waals surface area (Å²) in [5.74, 6) is 0. The molecule has 6 heteroatoms. The molecule has 0 bridgehead atoms. The van der Waals surface area contributed by atoms with Crippen LogP contribution in [0.3, 0.4) is 0 Å². The van der Waals surface area contributed by atoms with E-state index in [1.165, 1.54) is 11.8 Å². The van der Waals surface area contributed by atoms with Gasteiger partial charge in [-0.05, 0) is 24.3 Å². The van der Waals surface area contributed by atoms with E-state index in [4.69, 9.17) is 21.4 Å². The lowest BCUT2D eigenvalue weighted by Gasteiger charge is -2.13. The highest BCUT2D eigenvalue weighted by molar-refractivity contribution is 7.99. The van der Waals surface area contributed by atoms with Crippen LogP contribution in [-0.4, -0.2) is 45.7 Å². The van der Waals surface area contributed by atoms with Gasteiger partial charge in [-0.25, -0.2) is 0 Å². The lowest BCUT2D eigenvalue weighted by molar-refractivity contribution is -0.00808. The second-order valence-electron chi connectivity index (χ2n) is 3.78. The molecule has 0 spiro atoms. The molecule has 4 nitrogen and oxygen atoms in total. The molecule has 0 aromatic heterocycles.